The number of benzene rings is 1. The first-order valence-electron chi connectivity index (χ1n) is 5.14. The molecule has 16 heavy (non-hydrogen) atoms. The van der Waals surface area contributed by atoms with Crippen molar-refractivity contribution in [3.05, 3.63) is 35.4 Å². The van der Waals surface area contributed by atoms with Crippen molar-refractivity contribution in [2.24, 2.45) is 0 Å². The van der Waals surface area contributed by atoms with Gasteiger partial charge in [0.2, 0.25) is 0 Å². The molecule has 0 N–H and O–H groups in total. The van der Waals surface area contributed by atoms with Gasteiger partial charge in [0.15, 0.2) is 0 Å². The van der Waals surface area contributed by atoms with Crippen molar-refractivity contribution in [3.63, 3.8) is 0 Å². The Hall–Kier alpha value is 0.380. The highest BCUT2D eigenvalue weighted by Crippen LogP contribution is 2.18. The molecule has 0 amide bonds. The van der Waals surface area contributed by atoms with Crippen LogP contribution in [0.1, 0.15) is 11.1 Å². The van der Waals surface area contributed by atoms with Gasteiger partial charge < -0.3 is 0 Å². The molecule has 2 atom stereocenters. The standard InChI is InChI=1S/C12H14Cl4/c13-7-11(15)5-9-3-1-2-4-10(9)6-12(16)8-14/h1-4,11-12H,5-8H2. The second-order valence-corrected chi connectivity index (χ2v) is 5.53. The quantitative estimate of drug-likeness (QED) is 0.680. The van der Waals surface area contributed by atoms with Crippen LogP contribution in [-0.4, -0.2) is 22.5 Å². The Labute approximate surface area is 117 Å². The van der Waals surface area contributed by atoms with Crippen LogP contribution in [0.5, 0.6) is 0 Å². The number of hydrogen-bond donors (Lipinski definition) is 0. The normalized spacial score (nSPS) is 14.8. The summed E-state index contributed by atoms with van der Waals surface area (Å²) in [5.74, 6) is 0.908. The molecule has 0 aliphatic rings. The molecular formula is C12H14Cl4. The molecule has 0 heterocycles. The van der Waals surface area contributed by atoms with E-state index in [1.54, 1.807) is 0 Å². The molecule has 1 aromatic carbocycles. The fourth-order valence-electron chi connectivity index (χ4n) is 1.54. The minimum atomic E-state index is -0.0346. The smallest absolute Gasteiger partial charge is 0.0511 e. The first-order valence-corrected chi connectivity index (χ1v) is 7.08. The molecule has 0 radical (unpaired) electrons. The summed E-state index contributed by atoms with van der Waals surface area (Å²) in [6, 6.07) is 8.13. The second kappa shape index (κ2) is 7.66. The maximum atomic E-state index is 6.05. The number of alkyl halides is 4. The number of hydrogen-bond acceptors (Lipinski definition) is 0. The molecule has 4 heteroatoms. The van der Waals surface area contributed by atoms with Crippen LogP contribution < -0.4 is 0 Å². The molecule has 0 fully saturated rings. The van der Waals surface area contributed by atoms with Crippen LogP contribution >= 0.6 is 46.4 Å². The first-order chi connectivity index (χ1) is 7.67. The van der Waals surface area contributed by atoms with Crippen LogP contribution in [0.25, 0.3) is 0 Å². The lowest BCUT2D eigenvalue weighted by atomic mass is 9.99. The Balaban J connectivity index is 2.75. The van der Waals surface area contributed by atoms with Crippen molar-refractivity contribution in [1.29, 1.82) is 0 Å². The van der Waals surface area contributed by atoms with Crippen molar-refractivity contribution >= 4 is 46.4 Å². The van der Waals surface area contributed by atoms with Crippen molar-refractivity contribution in [3.8, 4) is 0 Å². The molecule has 0 aliphatic carbocycles. The van der Waals surface area contributed by atoms with E-state index in [2.05, 4.69) is 12.1 Å². The Bertz CT molecular complexity index is 283. The SMILES string of the molecule is ClCC(Cl)Cc1ccccc1CC(Cl)CCl. The van der Waals surface area contributed by atoms with Crippen LogP contribution in [0.2, 0.25) is 0 Å². The zero-order valence-electron chi connectivity index (χ0n) is 8.80. The topological polar surface area (TPSA) is 0 Å². The van der Waals surface area contributed by atoms with Crippen molar-refractivity contribution in [2.75, 3.05) is 11.8 Å². The minimum absolute atomic E-state index is 0.0346. The molecule has 0 aromatic heterocycles. The molecule has 2 unspecified atom stereocenters. The Morgan fingerprint density at radius 2 is 1.19 bits per heavy atom. The van der Waals surface area contributed by atoms with Gasteiger partial charge in [0, 0.05) is 11.8 Å². The third-order valence-electron chi connectivity index (χ3n) is 2.34. The van der Waals surface area contributed by atoms with Crippen molar-refractivity contribution < 1.29 is 0 Å². The van der Waals surface area contributed by atoms with Gasteiger partial charge in [-0.2, -0.15) is 0 Å². The summed E-state index contributed by atoms with van der Waals surface area (Å²) in [4.78, 5) is 0. The van der Waals surface area contributed by atoms with Crippen LogP contribution in [0.4, 0.5) is 0 Å². The first kappa shape index (κ1) is 14.4. The van der Waals surface area contributed by atoms with Crippen LogP contribution in [0.3, 0.4) is 0 Å². The molecule has 0 spiro atoms. The van der Waals surface area contributed by atoms with Crippen molar-refractivity contribution in [1.82, 2.24) is 0 Å². The fourth-order valence-corrected chi connectivity index (χ4v) is 2.09. The fraction of sp³-hybridized carbons (Fsp3) is 0.500. The zero-order valence-corrected chi connectivity index (χ0v) is 11.8. The second-order valence-electron chi connectivity index (χ2n) is 3.68. The lowest BCUT2D eigenvalue weighted by Gasteiger charge is -2.13. The molecular weight excluding hydrogens is 286 g/mol. The third kappa shape index (κ3) is 4.71. The Kier molecular flexibility index (Phi) is 6.91. The highest BCUT2D eigenvalue weighted by molar-refractivity contribution is 6.28. The molecule has 0 saturated carbocycles. The molecule has 0 aliphatic heterocycles. The maximum Gasteiger partial charge on any atom is 0.0511 e. The van der Waals surface area contributed by atoms with Crippen LogP contribution in [-0.2, 0) is 12.8 Å². The van der Waals surface area contributed by atoms with Crippen LogP contribution in [0, 0.1) is 0 Å². The summed E-state index contributed by atoms with van der Waals surface area (Å²) in [5, 5.41) is -0.0693. The number of rotatable bonds is 6. The van der Waals surface area contributed by atoms with Crippen molar-refractivity contribution in [2.45, 2.75) is 23.6 Å². The molecule has 90 valence electrons. The highest BCUT2D eigenvalue weighted by atomic mass is 35.5. The predicted molar refractivity (Wildman–Crippen MR) is 74.6 cm³/mol. The Morgan fingerprint density at radius 3 is 1.50 bits per heavy atom. The summed E-state index contributed by atoms with van der Waals surface area (Å²) in [6.45, 7) is 0. The van der Waals surface area contributed by atoms with E-state index >= 15 is 0 Å². The molecule has 0 saturated heterocycles. The van der Waals surface area contributed by atoms with Gasteiger partial charge >= 0.3 is 0 Å². The van der Waals surface area contributed by atoms with Gasteiger partial charge in [-0.25, -0.2) is 0 Å². The third-order valence-corrected chi connectivity index (χ3v) is 4.01. The van der Waals surface area contributed by atoms with E-state index in [-0.39, 0.29) is 10.8 Å². The van der Waals surface area contributed by atoms with Gasteiger partial charge in [0.05, 0.1) is 10.8 Å². The summed E-state index contributed by atoms with van der Waals surface area (Å²) in [5.41, 5.74) is 2.41. The van der Waals surface area contributed by atoms with E-state index in [0.29, 0.717) is 11.8 Å². The summed E-state index contributed by atoms with van der Waals surface area (Å²) >= 11 is 23.5. The molecule has 1 aromatic rings. The lowest BCUT2D eigenvalue weighted by Crippen LogP contribution is -2.11. The van der Waals surface area contributed by atoms with Gasteiger partial charge in [0.1, 0.15) is 0 Å². The summed E-state index contributed by atoms with van der Waals surface area (Å²) < 4.78 is 0. The Morgan fingerprint density at radius 1 is 0.812 bits per heavy atom. The van der Waals surface area contributed by atoms with E-state index in [1.807, 2.05) is 12.1 Å². The molecule has 0 nitrogen and oxygen atoms in total. The number of halogens is 4. The van der Waals surface area contributed by atoms with Gasteiger partial charge in [-0.15, -0.1) is 46.4 Å². The molecule has 1 rings (SSSR count). The highest BCUT2D eigenvalue weighted by Gasteiger charge is 2.11. The average molecular weight is 300 g/mol. The van der Waals surface area contributed by atoms with E-state index in [1.165, 1.54) is 11.1 Å². The summed E-state index contributed by atoms with van der Waals surface area (Å²) in [6.07, 6.45) is 1.54. The van der Waals surface area contributed by atoms with Gasteiger partial charge in [-0.05, 0) is 24.0 Å². The van der Waals surface area contributed by atoms with E-state index in [4.69, 9.17) is 46.4 Å². The van der Waals surface area contributed by atoms with Gasteiger partial charge in [0.25, 0.3) is 0 Å². The monoisotopic (exact) mass is 298 g/mol. The molecule has 0 bridgehead atoms. The van der Waals surface area contributed by atoms with Gasteiger partial charge in [-0.3, -0.25) is 0 Å². The van der Waals surface area contributed by atoms with Crippen LogP contribution in [0.15, 0.2) is 24.3 Å². The predicted octanol–water partition coefficient (Wildman–Crippen LogP) is 4.46. The largest absolute Gasteiger partial charge is 0.125 e. The lowest BCUT2D eigenvalue weighted by molar-refractivity contribution is 0.876. The zero-order chi connectivity index (χ0) is 12.0. The maximum absolute atomic E-state index is 6.05. The minimum Gasteiger partial charge on any atom is -0.125 e. The average Bonchev–Trinajstić information content (AvgIpc) is 2.31. The van der Waals surface area contributed by atoms with E-state index in [9.17, 15) is 0 Å². The van der Waals surface area contributed by atoms with E-state index < -0.39 is 0 Å². The van der Waals surface area contributed by atoms with E-state index in [0.717, 1.165) is 12.8 Å². The summed E-state index contributed by atoms with van der Waals surface area (Å²) in [7, 11) is 0. The van der Waals surface area contributed by atoms with Gasteiger partial charge in [-0.1, -0.05) is 24.3 Å².